The van der Waals surface area contributed by atoms with Crippen molar-refractivity contribution in [3.63, 3.8) is 0 Å². The Bertz CT molecular complexity index is 734. The summed E-state index contributed by atoms with van der Waals surface area (Å²) in [6.45, 7) is 5.90. The molecule has 5 nitrogen and oxygen atoms in total. The number of hydrogen-bond donors (Lipinski definition) is 1. The number of nitrogens with zero attached hydrogens (tertiary/aromatic N) is 4. The molecule has 0 aliphatic carbocycles. The minimum absolute atomic E-state index is 0.795. The second-order valence-corrected chi connectivity index (χ2v) is 6.49. The third-order valence-electron chi connectivity index (χ3n) is 3.08. The Morgan fingerprint density at radius 2 is 2.19 bits per heavy atom. The monoisotopic (exact) mass is 319 g/mol. The Labute approximate surface area is 132 Å². The zero-order valence-electron chi connectivity index (χ0n) is 12.0. The van der Waals surface area contributed by atoms with Crippen molar-refractivity contribution in [1.82, 2.24) is 24.1 Å². The lowest BCUT2D eigenvalue weighted by molar-refractivity contribution is 0.694. The van der Waals surface area contributed by atoms with Gasteiger partial charge < -0.3 is 9.72 Å². The highest BCUT2D eigenvalue weighted by molar-refractivity contribution is 8.00. The molecule has 0 aliphatic heterocycles. The maximum Gasteiger partial charge on any atom is 0.176 e. The first-order valence-corrected chi connectivity index (χ1v) is 8.58. The molecular formula is C14H17N5S2. The van der Waals surface area contributed by atoms with Crippen molar-refractivity contribution in [1.29, 1.82) is 0 Å². The summed E-state index contributed by atoms with van der Waals surface area (Å²) in [5, 5.41) is 4.38. The molecule has 0 saturated carbocycles. The van der Waals surface area contributed by atoms with Crippen molar-refractivity contribution in [2.24, 2.45) is 0 Å². The second-order valence-electron chi connectivity index (χ2n) is 4.50. The van der Waals surface area contributed by atoms with E-state index in [0.29, 0.717) is 0 Å². The molecule has 0 saturated heterocycles. The molecule has 1 N–H and O–H groups in total. The molecule has 3 rings (SSSR count). The topological polar surface area (TPSA) is 55.1 Å². The van der Waals surface area contributed by atoms with Gasteiger partial charge in [-0.2, -0.15) is 4.37 Å². The van der Waals surface area contributed by atoms with Gasteiger partial charge in [-0.05, 0) is 42.0 Å². The molecule has 0 radical (unpaired) electrons. The lowest BCUT2D eigenvalue weighted by atomic mass is 10.4. The molecule has 0 atom stereocenters. The molecule has 0 spiro atoms. The van der Waals surface area contributed by atoms with Crippen molar-refractivity contribution >= 4 is 28.9 Å². The number of pyridine rings is 1. The lowest BCUT2D eigenvalue weighted by Gasteiger charge is -2.04. The van der Waals surface area contributed by atoms with Gasteiger partial charge in [0, 0.05) is 19.2 Å². The van der Waals surface area contributed by atoms with Crippen LogP contribution in [0.2, 0.25) is 0 Å². The summed E-state index contributed by atoms with van der Waals surface area (Å²) in [4.78, 5) is 9.24. The number of imidazole rings is 1. The maximum absolute atomic E-state index is 4.72. The van der Waals surface area contributed by atoms with Gasteiger partial charge in [-0.15, -0.1) is 0 Å². The number of rotatable bonds is 6. The average Bonchev–Trinajstić information content (AvgIpc) is 3.09. The van der Waals surface area contributed by atoms with Gasteiger partial charge in [-0.1, -0.05) is 19.9 Å². The van der Waals surface area contributed by atoms with Crippen LogP contribution in [0.15, 0.2) is 33.8 Å². The van der Waals surface area contributed by atoms with Gasteiger partial charge >= 0.3 is 0 Å². The summed E-state index contributed by atoms with van der Waals surface area (Å²) in [5.74, 6) is 0.902. The second kappa shape index (κ2) is 6.55. The van der Waals surface area contributed by atoms with E-state index in [1.807, 2.05) is 18.2 Å². The molecule has 0 aromatic carbocycles. The largest absolute Gasteiger partial charge is 0.311 e. The predicted octanol–water partition coefficient (Wildman–Crippen LogP) is 3.01. The summed E-state index contributed by atoms with van der Waals surface area (Å²) < 4.78 is 7.42. The molecule has 3 aromatic heterocycles. The smallest absolute Gasteiger partial charge is 0.176 e. The highest BCUT2D eigenvalue weighted by atomic mass is 32.2. The van der Waals surface area contributed by atoms with Gasteiger partial charge in [-0.25, -0.2) is 9.97 Å². The fourth-order valence-electron chi connectivity index (χ4n) is 2.02. The molecule has 0 aliphatic rings. The van der Waals surface area contributed by atoms with Crippen LogP contribution >= 0.6 is 23.3 Å². The predicted molar refractivity (Wildman–Crippen MR) is 86.0 cm³/mol. The van der Waals surface area contributed by atoms with E-state index in [2.05, 4.69) is 39.1 Å². The van der Waals surface area contributed by atoms with Gasteiger partial charge in [0.2, 0.25) is 0 Å². The Kier molecular flexibility index (Phi) is 4.52. The highest BCUT2D eigenvalue weighted by Gasteiger charge is 2.15. The summed E-state index contributed by atoms with van der Waals surface area (Å²) in [6.07, 6.45) is 2.92. The van der Waals surface area contributed by atoms with E-state index < -0.39 is 0 Å². The van der Waals surface area contributed by atoms with Gasteiger partial charge in [-0.3, -0.25) is 0 Å². The first-order chi connectivity index (χ1) is 10.3. The van der Waals surface area contributed by atoms with Crippen LogP contribution in [0.4, 0.5) is 0 Å². The summed E-state index contributed by atoms with van der Waals surface area (Å²) in [5.41, 5.74) is 2.14. The molecule has 0 bridgehead atoms. The zero-order chi connectivity index (χ0) is 14.7. The van der Waals surface area contributed by atoms with E-state index in [-0.39, 0.29) is 0 Å². The Balaban J connectivity index is 1.95. The van der Waals surface area contributed by atoms with Crippen LogP contribution in [0.3, 0.4) is 0 Å². The van der Waals surface area contributed by atoms with E-state index in [0.717, 1.165) is 40.3 Å². The fourth-order valence-corrected chi connectivity index (χ4v) is 3.76. The minimum Gasteiger partial charge on any atom is -0.311 e. The molecule has 3 aromatic rings. The Hall–Kier alpha value is -1.44. The number of aromatic nitrogens is 4. The SMILES string of the molecule is CCNCc1c(Sc2nc(CC)ns2)nc2ccccn12. The van der Waals surface area contributed by atoms with E-state index in [1.165, 1.54) is 17.2 Å². The molecule has 21 heavy (non-hydrogen) atoms. The number of hydrogen-bond acceptors (Lipinski definition) is 6. The lowest BCUT2D eigenvalue weighted by Crippen LogP contribution is -2.13. The van der Waals surface area contributed by atoms with Gasteiger partial charge in [0.25, 0.3) is 0 Å². The van der Waals surface area contributed by atoms with Gasteiger partial charge in [0.1, 0.15) is 16.5 Å². The highest BCUT2D eigenvalue weighted by Crippen LogP contribution is 2.31. The van der Waals surface area contributed by atoms with Gasteiger partial charge in [0.05, 0.1) is 5.69 Å². The van der Waals surface area contributed by atoms with Crippen LogP contribution in [0.5, 0.6) is 0 Å². The fraction of sp³-hybridized carbons (Fsp3) is 0.357. The molecule has 7 heteroatoms. The molecule has 3 heterocycles. The van der Waals surface area contributed by atoms with E-state index in [1.54, 1.807) is 11.8 Å². The van der Waals surface area contributed by atoms with Crippen molar-refractivity contribution in [3.05, 3.63) is 35.9 Å². The first kappa shape index (κ1) is 14.5. The third kappa shape index (κ3) is 3.09. The summed E-state index contributed by atoms with van der Waals surface area (Å²) in [7, 11) is 0. The minimum atomic E-state index is 0.795. The average molecular weight is 319 g/mol. The number of nitrogens with one attached hydrogen (secondary N) is 1. The van der Waals surface area contributed by atoms with Gasteiger partial charge in [0.15, 0.2) is 4.34 Å². The Morgan fingerprint density at radius 3 is 2.95 bits per heavy atom. The number of aryl methyl sites for hydroxylation is 1. The van der Waals surface area contributed by atoms with Crippen molar-refractivity contribution < 1.29 is 0 Å². The maximum atomic E-state index is 4.72. The number of fused-ring (bicyclic) bond motifs is 1. The molecule has 110 valence electrons. The van der Waals surface area contributed by atoms with Crippen LogP contribution in [-0.2, 0) is 13.0 Å². The van der Waals surface area contributed by atoms with Crippen LogP contribution in [0.1, 0.15) is 25.4 Å². The summed E-state index contributed by atoms with van der Waals surface area (Å²) in [6, 6.07) is 6.06. The Morgan fingerprint density at radius 1 is 1.29 bits per heavy atom. The third-order valence-corrected chi connectivity index (χ3v) is 4.89. The van der Waals surface area contributed by atoms with Crippen LogP contribution in [0.25, 0.3) is 5.65 Å². The first-order valence-electron chi connectivity index (χ1n) is 6.99. The normalized spacial score (nSPS) is 11.3. The van der Waals surface area contributed by atoms with Crippen molar-refractivity contribution in [2.45, 2.75) is 36.2 Å². The molecule has 0 unspecified atom stereocenters. The van der Waals surface area contributed by atoms with Crippen LogP contribution < -0.4 is 5.32 Å². The molecule has 0 fully saturated rings. The molecule has 0 amide bonds. The molecular weight excluding hydrogens is 302 g/mol. The quantitative estimate of drug-likeness (QED) is 0.757. The van der Waals surface area contributed by atoms with Crippen LogP contribution in [-0.4, -0.2) is 25.3 Å². The van der Waals surface area contributed by atoms with Crippen molar-refractivity contribution in [2.75, 3.05) is 6.54 Å². The van der Waals surface area contributed by atoms with Crippen LogP contribution in [0, 0.1) is 0 Å². The standard InChI is InChI=1S/C14H17N5S2/c1-3-11-16-14(21-18-11)20-13-10(9-15-4-2)19-8-6-5-7-12(19)17-13/h5-8,15H,3-4,9H2,1-2H3. The zero-order valence-corrected chi connectivity index (χ0v) is 13.7. The van der Waals surface area contributed by atoms with E-state index >= 15 is 0 Å². The van der Waals surface area contributed by atoms with E-state index in [9.17, 15) is 0 Å². The van der Waals surface area contributed by atoms with E-state index in [4.69, 9.17) is 4.98 Å². The van der Waals surface area contributed by atoms with Crippen molar-refractivity contribution in [3.8, 4) is 0 Å². The summed E-state index contributed by atoms with van der Waals surface area (Å²) >= 11 is 3.04.